The topological polar surface area (TPSA) is 73.9 Å². The first-order valence-electron chi connectivity index (χ1n) is 8.20. The van der Waals surface area contributed by atoms with Crippen molar-refractivity contribution in [3.63, 3.8) is 0 Å². The molecule has 3 rings (SSSR count). The number of fused-ring (bicyclic) bond motifs is 1. The standard InChI is InChI=1S/C19H18ClNO5/c20-15-4-2-14(3-5-15)19(23)26-12-18(22)21-8-7-13-1-6-16-17(11-13)25-10-9-24-16/h1-6,11H,7-10,12H2,(H,21,22). The molecule has 1 amide bonds. The van der Waals surface area contributed by atoms with Gasteiger partial charge in [0.05, 0.1) is 5.56 Å². The Kier molecular flexibility index (Phi) is 5.96. The van der Waals surface area contributed by atoms with Crippen molar-refractivity contribution in [2.45, 2.75) is 6.42 Å². The summed E-state index contributed by atoms with van der Waals surface area (Å²) in [5, 5.41) is 3.24. The minimum Gasteiger partial charge on any atom is -0.486 e. The zero-order valence-electron chi connectivity index (χ0n) is 14.0. The number of halogens is 1. The molecule has 2 aromatic carbocycles. The maximum absolute atomic E-state index is 11.8. The lowest BCUT2D eigenvalue weighted by molar-refractivity contribution is -0.124. The summed E-state index contributed by atoms with van der Waals surface area (Å²) >= 11 is 5.76. The highest BCUT2D eigenvalue weighted by molar-refractivity contribution is 6.30. The van der Waals surface area contributed by atoms with Crippen LogP contribution in [0.5, 0.6) is 11.5 Å². The monoisotopic (exact) mass is 375 g/mol. The third-order valence-corrected chi connectivity index (χ3v) is 4.01. The number of carbonyl (C=O) groups is 2. The molecule has 0 aliphatic carbocycles. The predicted molar refractivity (Wildman–Crippen MR) is 95.9 cm³/mol. The van der Waals surface area contributed by atoms with Gasteiger partial charge in [-0.15, -0.1) is 0 Å². The third-order valence-electron chi connectivity index (χ3n) is 3.76. The normalized spacial score (nSPS) is 12.3. The number of ether oxygens (including phenoxy) is 3. The lowest BCUT2D eigenvalue weighted by atomic mass is 10.1. The maximum Gasteiger partial charge on any atom is 0.338 e. The summed E-state index contributed by atoms with van der Waals surface area (Å²) in [5.74, 6) is 0.531. The van der Waals surface area contributed by atoms with Gasteiger partial charge in [0.15, 0.2) is 18.1 Å². The van der Waals surface area contributed by atoms with Gasteiger partial charge < -0.3 is 19.5 Å². The molecule has 0 bridgehead atoms. The van der Waals surface area contributed by atoms with Gasteiger partial charge in [0, 0.05) is 11.6 Å². The number of hydrogen-bond donors (Lipinski definition) is 1. The number of amides is 1. The van der Waals surface area contributed by atoms with Gasteiger partial charge in [-0.1, -0.05) is 17.7 Å². The summed E-state index contributed by atoms with van der Waals surface area (Å²) in [6.45, 7) is 1.18. The molecule has 0 saturated carbocycles. The summed E-state index contributed by atoms with van der Waals surface area (Å²) in [5.41, 5.74) is 1.37. The van der Waals surface area contributed by atoms with Gasteiger partial charge in [-0.25, -0.2) is 4.79 Å². The Morgan fingerprint density at radius 2 is 1.77 bits per heavy atom. The van der Waals surface area contributed by atoms with E-state index in [2.05, 4.69) is 5.32 Å². The molecule has 0 spiro atoms. The van der Waals surface area contributed by atoms with Crippen LogP contribution in [0.1, 0.15) is 15.9 Å². The summed E-state index contributed by atoms with van der Waals surface area (Å²) < 4.78 is 16.0. The quantitative estimate of drug-likeness (QED) is 0.786. The largest absolute Gasteiger partial charge is 0.486 e. The van der Waals surface area contributed by atoms with Crippen molar-refractivity contribution in [3.8, 4) is 11.5 Å². The van der Waals surface area contributed by atoms with Crippen LogP contribution in [0.15, 0.2) is 42.5 Å². The van der Waals surface area contributed by atoms with Crippen molar-refractivity contribution in [1.82, 2.24) is 5.32 Å². The summed E-state index contributed by atoms with van der Waals surface area (Å²) in [4.78, 5) is 23.6. The Morgan fingerprint density at radius 3 is 2.54 bits per heavy atom. The van der Waals surface area contributed by atoms with Crippen LogP contribution in [-0.4, -0.2) is 38.2 Å². The van der Waals surface area contributed by atoms with Crippen LogP contribution >= 0.6 is 11.6 Å². The van der Waals surface area contributed by atoms with Gasteiger partial charge in [-0.3, -0.25) is 4.79 Å². The first-order valence-corrected chi connectivity index (χ1v) is 8.57. The molecular formula is C19H18ClNO5. The minimum atomic E-state index is -0.566. The first-order chi connectivity index (χ1) is 12.6. The van der Waals surface area contributed by atoms with Crippen LogP contribution in [0.3, 0.4) is 0 Å². The van der Waals surface area contributed by atoms with Gasteiger partial charge in [-0.2, -0.15) is 0 Å². The van der Waals surface area contributed by atoms with Crippen molar-refractivity contribution in [1.29, 1.82) is 0 Å². The Hall–Kier alpha value is -2.73. The molecule has 0 atom stereocenters. The molecule has 26 heavy (non-hydrogen) atoms. The number of rotatable bonds is 6. The van der Waals surface area contributed by atoms with Crippen LogP contribution in [0.2, 0.25) is 5.02 Å². The van der Waals surface area contributed by atoms with Crippen molar-refractivity contribution >= 4 is 23.5 Å². The van der Waals surface area contributed by atoms with E-state index in [4.69, 9.17) is 25.8 Å². The van der Waals surface area contributed by atoms with Gasteiger partial charge >= 0.3 is 5.97 Å². The molecule has 136 valence electrons. The second-order valence-electron chi connectivity index (χ2n) is 5.66. The van der Waals surface area contributed by atoms with Crippen molar-refractivity contribution in [2.24, 2.45) is 0 Å². The van der Waals surface area contributed by atoms with E-state index < -0.39 is 5.97 Å². The van der Waals surface area contributed by atoms with E-state index in [1.54, 1.807) is 24.3 Å². The lowest BCUT2D eigenvalue weighted by Crippen LogP contribution is -2.30. The smallest absolute Gasteiger partial charge is 0.338 e. The second-order valence-corrected chi connectivity index (χ2v) is 6.10. The van der Waals surface area contributed by atoms with Crippen LogP contribution < -0.4 is 14.8 Å². The average Bonchev–Trinajstić information content (AvgIpc) is 2.66. The highest BCUT2D eigenvalue weighted by atomic mass is 35.5. The Balaban J connectivity index is 1.40. The molecule has 0 unspecified atom stereocenters. The number of carbonyl (C=O) groups excluding carboxylic acids is 2. The lowest BCUT2D eigenvalue weighted by Gasteiger charge is -2.18. The molecule has 1 N–H and O–H groups in total. The molecule has 0 saturated heterocycles. The fourth-order valence-electron chi connectivity index (χ4n) is 2.44. The Bertz CT molecular complexity index is 791. The maximum atomic E-state index is 11.8. The molecule has 1 aliphatic heterocycles. The van der Waals surface area contributed by atoms with Gasteiger partial charge in [-0.05, 0) is 48.4 Å². The van der Waals surface area contributed by atoms with E-state index >= 15 is 0 Å². The minimum absolute atomic E-state index is 0.331. The molecule has 2 aromatic rings. The SMILES string of the molecule is O=C(COC(=O)c1ccc(Cl)cc1)NCCc1ccc2c(c1)OCCO2. The molecule has 1 heterocycles. The second kappa shape index (κ2) is 8.58. The zero-order valence-corrected chi connectivity index (χ0v) is 14.8. The molecule has 7 heteroatoms. The Morgan fingerprint density at radius 1 is 1.04 bits per heavy atom. The number of benzene rings is 2. The van der Waals surface area contributed by atoms with Crippen molar-refractivity contribution < 1.29 is 23.8 Å². The molecule has 6 nitrogen and oxygen atoms in total. The fourth-order valence-corrected chi connectivity index (χ4v) is 2.57. The van der Waals surface area contributed by atoms with Crippen LogP contribution in [0, 0.1) is 0 Å². The Labute approximate surface area is 156 Å². The van der Waals surface area contributed by atoms with Gasteiger partial charge in [0.2, 0.25) is 0 Å². The number of esters is 1. The zero-order chi connectivity index (χ0) is 18.4. The molecule has 0 fully saturated rings. The number of nitrogens with one attached hydrogen (secondary N) is 1. The van der Waals surface area contributed by atoms with Crippen LogP contribution in [0.25, 0.3) is 0 Å². The molecule has 0 radical (unpaired) electrons. The molecular weight excluding hydrogens is 358 g/mol. The van der Waals surface area contributed by atoms with E-state index in [0.29, 0.717) is 36.8 Å². The van der Waals surface area contributed by atoms with E-state index in [1.807, 2.05) is 18.2 Å². The van der Waals surface area contributed by atoms with Crippen molar-refractivity contribution in [3.05, 3.63) is 58.6 Å². The van der Waals surface area contributed by atoms with Crippen LogP contribution in [-0.2, 0) is 16.0 Å². The summed E-state index contributed by atoms with van der Waals surface area (Å²) in [6.07, 6.45) is 0.632. The third kappa shape index (κ3) is 4.89. The number of hydrogen-bond acceptors (Lipinski definition) is 5. The summed E-state index contributed by atoms with van der Waals surface area (Å²) in [7, 11) is 0. The van der Waals surface area contributed by atoms with E-state index in [9.17, 15) is 9.59 Å². The fraction of sp³-hybridized carbons (Fsp3) is 0.263. The van der Waals surface area contributed by atoms with Gasteiger partial charge in [0.1, 0.15) is 13.2 Å². The first kappa shape index (κ1) is 18.1. The average molecular weight is 376 g/mol. The van der Waals surface area contributed by atoms with E-state index in [1.165, 1.54) is 0 Å². The highest BCUT2D eigenvalue weighted by Crippen LogP contribution is 2.30. The molecule has 0 aromatic heterocycles. The van der Waals surface area contributed by atoms with E-state index in [0.717, 1.165) is 17.1 Å². The molecule has 1 aliphatic rings. The predicted octanol–water partition coefficient (Wildman–Crippen LogP) is 2.63. The van der Waals surface area contributed by atoms with E-state index in [-0.39, 0.29) is 12.5 Å². The highest BCUT2D eigenvalue weighted by Gasteiger charge is 2.12. The van der Waals surface area contributed by atoms with Crippen molar-refractivity contribution in [2.75, 3.05) is 26.4 Å². The van der Waals surface area contributed by atoms with Crippen LogP contribution in [0.4, 0.5) is 0 Å². The summed E-state index contributed by atoms with van der Waals surface area (Å²) in [6, 6.07) is 12.0. The van der Waals surface area contributed by atoms with Gasteiger partial charge in [0.25, 0.3) is 5.91 Å².